The number of phenolic OH excluding ortho intramolecular Hbond substituents is 2. The fourth-order valence-electron chi connectivity index (χ4n) is 2.94. The van der Waals surface area contributed by atoms with E-state index in [1.807, 2.05) is 0 Å². The van der Waals surface area contributed by atoms with Gasteiger partial charge in [-0.2, -0.15) is 0 Å². The summed E-state index contributed by atoms with van der Waals surface area (Å²) in [5.74, 6) is -0.151. The third-order valence-electron chi connectivity index (χ3n) is 4.26. The van der Waals surface area contributed by atoms with Crippen LogP contribution in [0.1, 0.15) is 27.6 Å². The molecule has 0 saturated heterocycles. The van der Waals surface area contributed by atoms with E-state index in [-0.39, 0.29) is 22.6 Å². The van der Waals surface area contributed by atoms with E-state index >= 15 is 0 Å². The average Bonchev–Trinajstić information content (AvgIpc) is 3.52. The summed E-state index contributed by atoms with van der Waals surface area (Å²) in [5, 5.41) is 20.5. The predicted octanol–water partition coefficient (Wildman–Crippen LogP) is 3.96. The molecule has 30 heavy (non-hydrogen) atoms. The Balaban J connectivity index is 0.000000230. The lowest BCUT2D eigenvalue weighted by atomic mass is 10.1. The highest BCUT2D eigenvalue weighted by atomic mass is 16.3. The van der Waals surface area contributed by atoms with Gasteiger partial charge in [0.05, 0.1) is 0 Å². The highest BCUT2D eigenvalue weighted by Gasteiger charge is 2.08. The molecule has 6 heteroatoms. The lowest BCUT2D eigenvalue weighted by Crippen LogP contribution is -2.14. The van der Waals surface area contributed by atoms with Crippen LogP contribution in [0.15, 0.2) is 48.8 Å². The van der Waals surface area contributed by atoms with Gasteiger partial charge in [-0.3, -0.25) is 0 Å². The largest absolute Gasteiger partial charge is 0.507 e. The van der Waals surface area contributed by atoms with E-state index in [2.05, 4.69) is 9.97 Å². The Bertz CT molecular complexity index is 1420. The Hall–Kier alpha value is -2.96. The molecule has 0 bridgehead atoms. The standard InChI is InChI=1S/2C12H16N2O/c2*1-14(2)7-6-9-8-13-10-4-3-5-11(15)12(9)10/h2*3-5,8,13,15H,6-7H2,1-2H3/i2*1D3,6D,7D2. The van der Waals surface area contributed by atoms with Gasteiger partial charge in [0.15, 0.2) is 0 Å². The van der Waals surface area contributed by atoms with Crippen molar-refractivity contribution in [3.63, 3.8) is 0 Å². The fraction of sp³-hybridized carbons (Fsp3) is 0.333. The predicted molar refractivity (Wildman–Crippen MR) is 124 cm³/mol. The van der Waals surface area contributed by atoms with E-state index in [0.29, 0.717) is 31.6 Å². The van der Waals surface area contributed by atoms with Gasteiger partial charge in [0.1, 0.15) is 11.5 Å². The fourth-order valence-corrected chi connectivity index (χ4v) is 2.94. The van der Waals surface area contributed by atoms with Gasteiger partial charge < -0.3 is 30.0 Å². The van der Waals surface area contributed by atoms with Crippen molar-refractivity contribution in [2.45, 2.75) is 12.8 Å². The van der Waals surface area contributed by atoms with Gasteiger partial charge >= 0.3 is 0 Å². The molecule has 0 spiro atoms. The van der Waals surface area contributed by atoms with Crippen LogP contribution in [0, 0.1) is 0 Å². The normalized spacial score (nSPS) is 21.2. The molecule has 4 aromatic rings. The molecule has 0 aliphatic carbocycles. The first-order chi connectivity index (χ1) is 19.1. The van der Waals surface area contributed by atoms with Gasteiger partial charge in [0, 0.05) is 63.6 Å². The Morgan fingerprint density at radius 3 is 1.63 bits per heavy atom. The zero-order valence-corrected chi connectivity index (χ0v) is 16.6. The number of benzene rings is 2. The molecule has 2 heterocycles. The quantitative estimate of drug-likeness (QED) is 0.381. The molecule has 0 radical (unpaired) electrons. The summed E-state index contributed by atoms with van der Waals surface area (Å²) in [4.78, 5) is 6.81. The number of aryl methyl sites for hydroxylation is 2. The summed E-state index contributed by atoms with van der Waals surface area (Å²) < 4.78 is 91.9. The summed E-state index contributed by atoms with van der Waals surface area (Å²) in [6, 6.07) is 9.51. The van der Waals surface area contributed by atoms with Crippen LogP contribution in [0.4, 0.5) is 0 Å². The maximum Gasteiger partial charge on any atom is 0.125 e. The van der Waals surface area contributed by atoms with Crippen LogP contribution in [0.25, 0.3) is 21.8 Å². The molecule has 2 atom stereocenters. The Morgan fingerprint density at radius 1 is 0.800 bits per heavy atom. The number of rotatable bonds is 6. The van der Waals surface area contributed by atoms with E-state index < -0.39 is 39.7 Å². The number of aromatic amines is 2. The first-order valence-electron chi connectivity index (χ1n) is 15.2. The zero-order chi connectivity index (χ0) is 32.0. The smallest absolute Gasteiger partial charge is 0.125 e. The SMILES string of the molecule is [2H]C(c1c[nH]c2cccc(O)c12)C([2H])([2H])N(C)C([2H])([2H])[2H].[2H]C(c1c[nH]c2cccc(O)c12)C([2H])([2H])N(C)C([2H])([2H])[2H]. The average molecular weight is 421 g/mol. The third-order valence-corrected chi connectivity index (χ3v) is 4.26. The number of phenols is 2. The molecular weight excluding hydrogens is 376 g/mol. The molecule has 2 aromatic heterocycles. The second kappa shape index (κ2) is 9.69. The maximum absolute atomic E-state index is 9.90. The Kier molecular flexibility index (Phi) is 3.52. The van der Waals surface area contributed by atoms with Crippen LogP contribution in [-0.4, -0.2) is 71.0 Å². The number of hydrogen-bond donors (Lipinski definition) is 4. The van der Waals surface area contributed by atoms with Crippen molar-refractivity contribution in [3.8, 4) is 11.5 Å². The second-order valence-corrected chi connectivity index (χ2v) is 6.55. The first kappa shape index (κ1) is 10.9. The minimum absolute atomic E-state index is 0.0756. The van der Waals surface area contributed by atoms with E-state index in [1.54, 1.807) is 24.3 Å². The van der Waals surface area contributed by atoms with Crippen molar-refractivity contribution in [1.29, 1.82) is 0 Å². The van der Waals surface area contributed by atoms with Crippen LogP contribution in [0.3, 0.4) is 0 Å². The lowest BCUT2D eigenvalue weighted by Gasteiger charge is -2.08. The lowest BCUT2D eigenvalue weighted by molar-refractivity contribution is 0.414. The Labute approximate surface area is 194 Å². The van der Waals surface area contributed by atoms with Crippen molar-refractivity contribution in [2.75, 3.05) is 41.0 Å². The van der Waals surface area contributed by atoms with Gasteiger partial charge in [0.2, 0.25) is 0 Å². The zero-order valence-electron chi connectivity index (χ0n) is 28.6. The van der Waals surface area contributed by atoms with E-state index in [4.69, 9.17) is 16.4 Å². The number of aromatic nitrogens is 2. The monoisotopic (exact) mass is 420 g/mol. The first-order valence-corrected chi connectivity index (χ1v) is 9.03. The van der Waals surface area contributed by atoms with Crippen molar-refractivity contribution < 1.29 is 26.7 Å². The van der Waals surface area contributed by atoms with Crippen LogP contribution in [0.2, 0.25) is 0 Å². The van der Waals surface area contributed by atoms with Gasteiger partial charge in [-0.1, -0.05) is 12.1 Å². The Morgan fingerprint density at radius 2 is 1.23 bits per heavy atom. The summed E-state index contributed by atoms with van der Waals surface area (Å²) in [6.45, 7) is -10.2. The molecular formula is C24H32N4O2. The number of fused-ring (bicyclic) bond motifs is 2. The van der Waals surface area contributed by atoms with Gasteiger partial charge in [-0.05, 0) is 76.2 Å². The highest BCUT2D eigenvalue weighted by molar-refractivity contribution is 5.89. The molecule has 6 nitrogen and oxygen atoms in total. The minimum Gasteiger partial charge on any atom is -0.507 e. The molecule has 0 amide bonds. The van der Waals surface area contributed by atoms with Crippen molar-refractivity contribution in [1.82, 2.24) is 19.8 Å². The molecule has 0 fully saturated rings. The molecule has 0 saturated carbocycles. The van der Waals surface area contributed by atoms with Gasteiger partial charge in [-0.25, -0.2) is 0 Å². The van der Waals surface area contributed by atoms with E-state index in [1.165, 1.54) is 24.5 Å². The highest BCUT2D eigenvalue weighted by Crippen LogP contribution is 2.28. The van der Waals surface area contributed by atoms with E-state index in [0.717, 1.165) is 14.1 Å². The molecule has 0 aliphatic heterocycles. The van der Waals surface area contributed by atoms with Gasteiger partial charge in [-0.15, -0.1) is 0 Å². The third kappa shape index (κ3) is 5.14. The molecule has 0 aliphatic rings. The van der Waals surface area contributed by atoms with Crippen molar-refractivity contribution >= 4 is 21.8 Å². The number of nitrogens with zero attached hydrogens (tertiary/aromatic N) is 2. The summed E-state index contributed by atoms with van der Waals surface area (Å²) in [5.41, 5.74) is 1.55. The molecule has 160 valence electrons. The maximum atomic E-state index is 9.90. The summed E-state index contributed by atoms with van der Waals surface area (Å²) in [6.07, 6.45) is -0.143. The molecule has 4 N–H and O–H groups in total. The summed E-state index contributed by atoms with van der Waals surface area (Å²) >= 11 is 0. The minimum atomic E-state index is -2.66. The van der Waals surface area contributed by atoms with E-state index in [9.17, 15) is 10.2 Å². The number of likely N-dealkylation sites (N-methyl/N-ethyl adjacent to an activating group) is 2. The number of hydrogen-bond acceptors (Lipinski definition) is 4. The number of H-pyrrole nitrogens is 2. The van der Waals surface area contributed by atoms with Crippen LogP contribution >= 0.6 is 0 Å². The van der Waals surface area contributed by atoms with Gasteiger partial charge in [0.25, 0.3) is 0 Å². The molecule has 2 unspecified atom stereocenters. The van der Waals surface area contributed by atoms with Crippen LogP contribution < -0.4 is 0 Å². The topological polar surface area (TPSA) is 78.5 Å². The molecule has 2 aromatic carbocycles. The van der Waals surface area contributed by atoms with Crippen molar-refractivity contribution in [2.24, 2.45) is 0 Å². The van der Waals surface area contributed by atoms with Crippen LogP contribution in [0.5, 0.6) is 11.5 Å². The number of nitrogens with one attached hydrogen (secondary N) is 2. The summed E-state index contributed by atoms with van der Waals surface area (Å²) in [7, 11) is 2.23. The number of aromatic hydroxyl groups is 2. The second-order valence-electron chi connectivity index (χ2n) is 6.55. The van der Waals surface area contributed by atoms with Crippen molar-refractivity contribution in [3.05, 3.63) is 59.9 Å². The molecule has 4 rings (SSSR count). The van der Waals surface area contributed by atoms with Crippen LogP contribution in [-0.2, 0) is 12.8 Å².